The van der Waals surface area contributed by atoms with E-state index in [2.05, 4.69) is 26.8 Å². The number of nitrogens with one attached hydrogen (secondary N) is 2. The van der Waals surface area contributed by atoms with Gasteiger partial charge in [0.05, 0.1) is 16.1 Å². The number of benzene rings is 3. The predicted octanol–water partition coefficient (Wildman–Crippen LogP) is 5.18. The maximum Gasteiger partial charge on any atom is 0.243 e. The van der Waals surface area contributed by atoms with E-state index in [0.29, 0.717) is 29.6 Å². The van der Waals surface area contributed by atoms with Crippen LogP contribution in [0.15, 0.2) is 77.3 Å². The van der Waals surface area contributed by atoms with E-state index in [0.717, 1.165) is 15.7 Å². The summed E-state index contributed by atoms with van der Waals surface area (Å²) in [6.45, 7) is 0.699. The number of rotatable bonds is 7. The summed E-state index contributed by atoms with van der Waals surface area (Å²) in [4.78, 5) is 26.6. The van der Waals surface area contributed by atoms with Crippen LogP contribution in [0.1, 0.15) is 12.0 Å². The molecule has 1 aliphatic heterocycles. The summed E-state index contributed by atoms with van der Waals surface area (Å²) in [7, 11) is 0. The highest BCUT2D eigenvalue weighted by Gasteiger charge is 2.35. The molecule has 1 fully saturated rings. The Balaban J connectivity index is 1.31. The van der Waals surface area contributed by atoms with Crippen LogP contribution in [-0.2, 0) is 16.2 Å². The first-order chi connectivity index (χ1) is 15.5. The third kappa shape index (κ3) is 5.23. The fourth-order valence-electron chi connectivity index (χ4n) is 3.44. The highest BCUT2D eigenvalue weighted by atomic mass is 79.9. The van der Waals surface area contributed by atoms with E-state index in [1.807, 2.05) is 54.6 Å². The topological polar surface area (TPSA) is 70.7 Å². The van der Waals surface area contributed by atoms with E-state index >= 15 is 0 Å². The standard InChI is InChI=1S/C24H21BrClN3O3/c25-20-13-18(10-11-22(20)32-15-16-6-4-5-9-21(16)26)27-28-24(31)17-12-23(30)29(14-17)19-7-2-1-3-8-19/h1-11,13,17,27H,12,14-15H2,(H,28,31)/t17-/m1/s1. The summed E-state index contributed by atoms with van der Waals surface area (Å²) in [5.74, 6) is -0.0513. The number of carbonyl (C=O) groups is 2. The van der Waals surface area contributed by atoms with Crippen molar-refractivity contribution in [3.63, 3.8) is 0 Å². The normalized spacial score (nSPS) is 15.5. The molecule has 1 aliphatic rings. The number of hydrogen-bond donors (Lipinski definition) is 2. The molecule has 3 aromatic carbocycles. The van der Waals surface area contributed by atoms with Crippen LogP contribution in [0.4, 0.5) is 11.4 Å². The molecule has 3 aromatic rings. The lowest BCUT2D eigenvalue weighted by atomic mass is 10.1. The van der Waals surface area contributed by atoms with Gasteiger partial charge in [-0.05, 0) is 52.3 Å². The molecule has 0 aromatic heterocycles. The number of hydrogen-bond acceptors (Lipinski definition) is 4. The number of nitrogens with zero attached hydrogens (tertiary/aromatic N) is 1. The molecule has 0 spiro atoms. The molecule has 1 saturated heterocycles. The SMILES string of the molecule is O=C(NNc1ccc(OCc2ccccc2Cl)c(Br)c1)[C@@H]1CC(=O)N(c2ccccc2)C1. The monoisotopic (exact) mass is 513 g/mol. The van der Waals surface area contributed by atoms with Gasteiger partial charge in [0, 0.05) is 29.2 Å². The van der Waals surface area contributed by atoms with Crippen LogP contribution in [0.2, 0.25) is 5.02 Å². The number of halogens is 2. The van der Waals surface area contributed by atoms with Gasteiger partial charge in [-0.15, -0.1) is 0 Å². The lowest BCUT2D eigenvalue weighted by Crippen LogP contribution is -2.36. The number of ether oxygens (including phenoxy) is 1. The lowest BCUT2D eigenvalue weighted by molar-refractivity contribution is -0.125. The summed E-state index contributed by atoms with van der Waals surface area (Å²) in [6.07, 6.45) is 0.181. The van der Waals surface area contributed by atoms with Crippen molar-refractivity contribution in [2.24, 2.45) is 5.92 Å². The first-order valence-corrected chi connectivity index (χ1v) is 11.3. The first kappa shape index (κ1) is 22.2. The van der Waals surface area contributed by atoms with Gasteiger partial charge >= 0.3 is 0 Å². The lowest BCUT2D eigenvalue weighted by Gasteiger charge is -2.17. The molecule has 8 heteroatoms. The summed E-state index contributed by atoms with van der Waals surface area (Å²) >= 11 is 9.66. The van der Waals surface area contributed by atoms with E-state index in [4.69, 9.17) is 16.3 Å². The Morgan fingerprint density at radius 2 is 1.84 bits per heavy atom. The highest BCUT2D eigenvalue weighted by Crippen LogP contribution is 2.30. The molecular weight excluding hydrogens is 494 g/mol. The van der Waals surface area contributed by atoms with Gasteiger partial charge in [-0.1, -0.05) is 48.0 Å². The quantitative estimate of drug-likeness (QED) is 0.426. The molecule has 32 heavy (non-hydrogen) atoms. The van der Waals surface area contributed by atoms with Crippen molar-refractivity contribution in [3.05, 3.63) is 87.9 Å². The van der Waals surface area contributed by atoms with Gasteiger partial charge < -0.3 is 9.64 Å². The maximum atomic E-state index is 12.6. The van der Waals surface area contributed by atoms with Crippen molar-refractivity contribution in [1.29, 1.82) is 0 Å². The summed E-state index contributed by atoms with van der Waals surface area (Å²) in [5, 5.41) is 0.654. The molecule has 4 rings (SSSR count). The second-order valence-electron chi connectivity index (χ2n) is 7.38. The molecule has 0 unspecified atom stereocenters. The van der Waals surface area contributed by atoms with Gasteiger partial charge in [0.25, 0.3) is 0 Å². The van der Waals surface area contributed by atoms with Crippen molar-refractivity contribution in [2.45, 2.75) is 13.0 Å². The molecule has 1 heterocycles. The zero-order valence-electron chi connectivity index (χ0n) is 17.1. The molecule has 1 atom stereocenters. The molecule has 2 amide bonds. The van der Waals surface area contributed by atoms with Crippen molar-refractivity contribution < 1.29 is 14.3 Å². The minimum absolute atomic E-state index is 0.0564. The Hall–Kier alpha value is -3.03. The second kappa shape index (κ2) is 10.1. The van der Waals surface area contributed by atoms with E-state index in [1.54, 1.807) is 23.1 Å². The Morgan fingerprint density at radius 1 is 1.09 bits per heavy atom. The highest BCUT2D eigenvalue weighted by molar-refractivity contribution is 9.10. The second-order valence-corrected chi connectivity index (χ2v) is 8.64. The van der Waals surface area contributed by atoms with Gasteiger partial charge in [0.15, 0.2) is 0 Å². The number of amides is 2. The van der Waals surface area contributed by atoms with Gasteiger partial charge in [0.2, 0.25) is 11.8 Å². The average Bonchev–Trinajstić information content (AvgIpc) is 3.20. The predicted molar refractivity (Wildman–Crippen MR) is 129 cm³/mol. The minimum atomic E-state index is -0.420. The van der Waals surface area contributed by atoms with E-state index in [1.165, 1.54) is 0 Å². The first-order valence-electron chi connectivity index (χ1n) is 10.1. The van der Waals surface area contributed by atoms with Crippen LogP contribution in [0, 0.1) is 5.92 Å². The third-order valence-electron chi connectivity index (χ3n) is 5.17. The van der Waals surface area contributed by atoms with Crippen molar-refractivity contribution in [3.8, 4) is 5.75 Å². The number of para-hydroxylation sites is 1. The van der Waals surface area contributed by atoms with E-state index < -0.39 is 5.92 Å². The Kier molecular flexibility index (Phi) is 6.97. The summed E-state index contributed by atoms with van der Waals surface area (Å²) < 4.78 is 6.57. The van der Waals surface area contributed by atoms with Crippen molar-refractivity contribution in [2.75, 3.05) is 16.9 Å². The molecule has 0 saturated carbocycles. The van der Waals surface area contributed by atoms with Crippen LogP contribution >= 0.6 is 27.5 Å². The molecular formula is C24H21BrClN3O3. The Labute approximate surface area is 199 Å². The van der Waals surface area contributed by atoms with Gasteiger partial charge in [-0.25, -0.2) is 0 Å². The third-order valence-corrected chi connectivity index (χ3v) is 6.16. The molecule has 0 radical (unpaired) electrons. The van der Waals surface area contributed by atoms with E-state index in [9.17, 15) is 9.59 Å². The number of anilines is 2. The molecule has 164 valence electrons. The zero-order valence-corrected chi connectivity index (χ0v) is 19.4. The van der Waals surface area contributed by atoms with E-state index in [-0.39, 0.29) is 18.2 Å². The van der Waals surface area contributed by atoms with Crippen molar-refractivity contribution in [1.82, 2.24) is 5.43 Å². The molecule has 6 nitrogen and oxygen atoms in total. The van der Waals surface area contributed by atoms with Crippen LogP contribution < -0.4 is 20.5 Å². The van der Waals surface area contributed by atoms with Crippen molar-refractivity contribution >= 4 is 50.7 Å². The minimum Gasteiger partial charge on any atom is -0.488 e. The zero-order chi connectivity index (χ0) is 22.5. The van der Waals surface area contributed by atoms with Gasteiger partial charge in [0.1, 0.15) is 12.4 Å². The largest absolute Gasteiger partial charge is 0.488 e. The summed E-state index contributed by atoms with van der Waals surface area (Å²) in [5.41, 5.74) is 7.98. The van der Waals surface area contributed by atoms with Crippen LogP contribution in [-0.4, -0.2) is 18.4 Å². The maximum absolute atomic E-state index is 12.6. The van der Waals surface area contributed by atoms with Crippen LogP contribution in [0.25, 0.3) is 0 Å². The Morgan fingerprint density at radius 3 is 2.59 bits per heavy atom. The molecule has 0 aliphatic carbocycles. The Bertz CT molecular complexity index is 1130. The number of hydrazine groups is 1. The summed E-state index contributed by atoms with van der Waals surface area (Å²) in [6, 6.07) is 22.3. The van der Waals surface area contributed by atoms with Gasteiger partial charge in [-0.3, -0.25) is 20.4 Å². The molecule has 2 N–H and O–H groups in total. The average molecular weight is 515 g/mol. The fraction of sp³-hybridized carbons (Fsp3) is 0.167. The van der Waals surface area contributed by atoms with Crippen LogP contribution in [0.5, 0.6) is 5.75 Å². The smallest absolute Gasteiger partial charge is 0.243 e. The number of carbonyl (C=O) groups excluding carboxylic acids is 2. The fourth-order valence-corrected chi connectivity index (χ4v) is 4.13. The van der Waals surface area contributed by atoms with Crippen LogP contribution in [0.3, 0.4) is 0 Å². The van der Waals surface area contributed by atoms with Gasteiger partial charge in [-0.2, -0.15) is 0 Å². The molecule has 0 bridgehead atoms.